The maximum Gasteiger partial charge on any atom is 0.198 e. The Morgan fingerprint density at radius 2 is 1.85 bits per heavy atom. The zero-order valence-electron chi connectivity index (χ0n) is 18.8. The standard InChI is InChI=1S/C25H26O9/c1-12-15(26)6-7-18(33-12)34-25-17(28)10-23(2,31)11-24(25,32)9-8-14-20(25)22(30)13-4-3-5-16(27)19(13)21(14)29/h3-5,8-9,12,15,18,26-27,31-32H,6-7,10-11H2,1-2H3/t12-,15-,18-,23+,24-,25+/m1/s1. The van der Waals surface area contributed by atoms with E-state index in [1.165, 1.54) is 37.3 Å². The molecule has 9 heteroatoms. The van der Waals surface area contributed by atoms with Crippen LogP contribution in [0.1, 0.15) is 60.2 Å². The van der Waals surface area contributed by atoms with Crippen LogP contribution in [0.5, 0.6) is 5.75 Å². The van der Waals surface area contributed by atoms with E-state index in [9.17, 15) is 34.8 Å². The van der Waals surface area contributed by atoms with Crippen LogP contribution in [-0.4, -0.2) is 73.1 Å². The molecule has 3 aliphatic carbocycles. The van der Waals surface area contributed by atoms with Crippen LogP contribution in [0.15, 0.2) is 41.5 Å². The number of aliphatic hydroxyl groups is 3. The van der Waals surface area contributed by atoms with E-state index in [0.29, 0.717) is 6.42 Å². The van der Waals surface area contributed by atoms with Gasteiger partial charge in [-0.05, 0) is 32.4 Å². The second-order valence-electron chi connectivity index (χ2n) is 9.89. The van der Waals surface area contributed by atoms with E-state index in [0.717, 1.165) is 0 Å². The highest BCUT2D eigenvalue weighted by atomic mass is 16.7. The van der Waals surface area contributed by atoms with E-state index in [-0.39, 0.29) is 40.9 Å². The number of ether oxygens (including phenoxy) is 2. The van der Waals surface area contributed by atoms with Gasteiger partial charge in [0.2, 0.25) is 0 Å². The molecule has 2 fully saturated rings. The summed E-state index contributed by atoms with van der Waals surface area (Å²) in [5, 5.41) is 42.8. The number of phenolic OH excluding ortho intramolecular Hbond substituents is 1. The number of rotatable bonds is 2. The lowest BCUT2D eigenvalue weighted by molar-refractivity contribution is -0.282. The summed E-state index contributed by atoms with van der Waals surface area (Å²) in [7, 11) is 0. The minimum Gasteiger partial charge on any atom is -0.507 e. The third-order valence-corrected chi connectivity index (χ3v) is 7.24. The van der Waals surface area contributed by atoms with Crippen LogP contribution in [0.3, 0.4) is 0 Å². The van der Waals surface area contributed by atoms with Crippen molar-refractivity contribution in [3.05, 3.63) is 52.6 Å². The second-order valence-corrected chi connectivity index (χ2v) is 9.89. The van der Waals surface area contributed by atoms with Gasteiger partial charge in [-0.2, -0.15) is 0 Å². The summed E-state index contributed by atoms with van der Waals surface area (Å²) in [6.45, 7) is 3.04. The normalized spacial score (nSPS) is 39.6. The predicted molar refractivity (Wildman–Crippen MR) is 116 cm³/mol. The molecule has 6 atom stereocenters. The molecule has 1 saturated carbocycles. The van der Waals surface area contributed by atoms with Gasteiger partial charge in [0.05, 0.1) is 28.9 Å². The largest absolute Gasteiger partial charge is 0.507 e. The average Bonchev–Trinajstić information content (AvgIpc) is 2.74. The number of benzene rings is 1. The van der Waals surface area contributed by atoms with Crippen molar-refractivity contribution in [3.8, 4) is 5.75 Å². The summed E-state index contributed by atoms with van der Waals surface area (Å²) in [6, 6.07) is 4.06. The molecule has 1 aromatic carbocycles. The summed E-state index contributed by atoms with van der Waals surface area (Å²) in [4.78, 5) is 40.9. The molecule has 4 N–H and O–H groups in total. The van der Waals surface area contributed by atoms with E-state index in [1.54, 1.807) is 6.92 Å². The SMILES string of the molecule is C[C@H]1O[C@H](O[C@]23C(=O)C[C@](C)(O)C[C@]2(O)C=CC2=C3C(=O)c3cccc(O)c3C2=O)CC[C@H]1O. The Labute approximate surface area is 195 Å². The first-order chi connectivity index (χ1) is 15.9. The predicted octanol–water partition coefficient (Wildman–Crippen LogP) is 1.12. The van der Waals surface area contributed by atoms with Crippen molar-refractivity contribution in [1.29, 1.82) is 0 Å². The Morgan fingerprint density at radius 1 is 1.12 bits per heavy atom. The smallest absolute Gasteiger partial charge is 0.198 e. The molecule has 1 aromatic rings. The summed E-state index contributed by atoms with van der Waals surface area (Å²) in [6.07, 6.45) is -0.268. The molecule has 1 aliphatic heterocycles. The van der Waals surface area contributed by atoms with E-state index in [2.05, 4.69) is 0 Å². The molecule has 0 unspecified atom stereocenters. The van der Waals surface area contributed by atoms with Gasteiger partial charge in [0.25, 0.3) is 0 Å². The first-order valence-corrected chi connectivity index (χ1v) is 11.2. The van der Waals surface area contributed by atoms with Gasteiger partial charge in [-0.1, -0.05) is 18.2 Å². The second kappa shape index (κ2) is 7.40. The lowest BCUT2D eigenvalue weighted by Crippen LogP contribution is -2.71. The molecule has 9 nitrogen and oxygen atoms in total. The molecule has 180 valence electrons. The number of hydrogen-bond acceptors (Lipinski definition) is 9. The number of Topliss-reactive ketones (excluding diaryl/α,β-unsaturated/α-hetero) is 3. The Bertz CT molecular complexity index is 1180. The van der Waals surface area contributed by atoms with Crippen LogP contribution in [0.4, 0.5) is 0 Å². The number of aliphatic hydroxyl groups excluding tert-OH is 1. The Balaban J connectivity index is 1.71. The van der Waals surface area contributed by atoms with Gasteiger partial charge < -0.3 is 29.9 Å². The van der Waals surface area contributed by atoms with Crippen LogP contribution >= 0.6 is 0 Å². The van der Waals surface area contributed by atoms with Crippen molar-refractivity contribution in [2.45, 2.75) is 74.8 Å². The molecule has 1 heterocycles. The van der Waals surface area contributed by atoms with Gasteiger partial charge in [-0.3, -0.25) is 14.4 Å². The van der Waals surface area contributed by atoms with Crippen molar-refractivity contribution in [2.24, 2.45) is 0 Å². The maximum atomic E-state index is 13.8. The number of fused-ring (bicyclic) bond motifs is 3. The Hall–Kier alpha value is -2.69. The summed E-state index contributed by atoms with van der Waals surface area (Å²) in [5.41, 5.74) is -6.85. The summed E-state index contributed by atoms with van der Waals surface area (Å²) in [5.74, 6) is -2.55. The molecule has 5 rings (SSSR count). The van der Waals surface area contributed by atoms with Gasteiger partial charge >= 0.3 is 0 Å². The molecule has 0 amide bonds. The van der Waals surface area contributed by atoms with Crippen LogP contribution in [-0.2, 0) is 14.3 Å². The first-order valence-electron chi connectivity index (χ1n) is 11.2. The zero-order chi connectivity index (χ0) is 24.6. The quantitative estimate of drug-likeness (QED) is 0.498. The third-order valence-electron chi connectivity index (χ3n) is 7.24. The molecule has 34 heavy (non-hydrogen) atoms. The molecular formula is C25H26O9. The zero-order valence-corrected chi connectivity index (χ0v) is 18.8. The van der Waals surface area contributed by atoms with E-state index in [4.69, 9.17) is 9.47 Å². The monoisotopic (exact) mass is 470 g/mol. The van der Waals surface area contributed by atoms with Crippen LogP contribution in [0, 0.1) is 0 Å². The third kappa shape index (κ3) is 3.08. The Morgan fingerprint density at radius 3 is 2.56 bits per heavy atom. The first kappa shape index (κ1) is 23.1. The molecular weight excluding hydrogens is 444 g/mol. The summed E-state index contributed by atoms with van der Waals surface area (Å²) < 4.78 is 11.9. The topological polar surface area (TPSA) is 151 Å². The van der Waals surface area contributed by atoms with Crippen molar-refractivity contribution in [3.63, 3.8) is 0 Å². The lowest BCUT2D eigenvalue weighted by atomic mass is 9.57. The molecule has 0 spiro atoms. The minimum absolute atomic E-state index is 0.108. The highest BCUT2D eigenvalue weighted by molar-refractivity contribution is 6.31. The van der Waals surface area contributed by atoms with Gasteiger partial charge in [0.15, 0.2) is 29.2 Å². The summed E-state index contributed by atoms with van der Waals surface area (Å²) >= 11 is 0. The van der Waals surface area contributed by atoms with Crippen molar-refractivity contribution < 1.29 is 44.3 Å². The molecule has 0 bridgehead atoms. The van der Waals surface area contributed by atoms with Crippen LogP contribution < -0.4 is 0 Å². The van der Waals surface area contributed by atoms with Crippen molar-refractivity contribution in [1.82, 2.24) is 0 Å². The minimum atomic E-state index is -2.32. The van der Waals surface area contributed by atoms with Crippen LogP contribution in [0.25, 0.3) is 0 Å². The van der Waals surface area contributed by atoms with E-state index < -0.39 is 59.1 Å². The molecule has 0 aromatic heterocycles. The number of carbonyl (C=O) groups is 3. The highest BCUT2D eigenvalue weighted by Crippen LogP contribution is 2.53. The number of ketones is 3. The van der Waals surface area contributed by atoms with Gasteiger partial charge in [-0.25, -0.2) is 0 Å². The fourth-order valence-corrected chi connectivity index (χ4v) is 5.66. The fourth-order valence-electron chi connectivity index (χ4n) is 5.66. The van der Waals surface area contributed by atoms with Gasteiger partial charge in [-0.15, -0.1) is 0 Å². The van der Waals surface area contributed by atoms with E-state index in [1.807, 2.05) is 0 Å². The molecule has 1 saturated heterocycles. The molecule has 4 aliphatic rings. The average molecular weight is 470 g/mol. The van der Waals surface area contributed by atoms with Crippen LogP contribution in [0.2, 0.25) is 0 Å². The van der Waals surface area contributed by atoms with Crippen molar-refractivity contribution in [2.75, 3.05) is 0 Å². The van der Waals surface area contributed by atoms with Crippen molar-refractivity contribution >= 4 is 17.3 Å². The number of hydrogen-bond donors (Lipinski definition) is 4. The fraction of sp³-hybridized carbons (Fsp3) is 0.480. The number of carbonyl (C=O) groups excluding carboxylic acids is 3. The number of phenols is 1. The lowest BCUT2D eigenvalue weighted by Gasteiger charge is -2.55. The van der Waals surface area contributed by atoms with Gasteiger partial charge in [0.1, 0.15) is 11.4 Å². The highest BCUT2D eigenvalue weighted by Gasteiger charge is 2.68. The van der Waals surface area contributed by atoms with Gasteiger partial charge in [0, 0.05) is 30.4 Å². The Kier molecular flexibility index (Phi) is 5.02. The maximum absolute atomic E-state index is 13.8. The molecule has 0 radical (unpaired) electrons. The van der Waals surface area contributed by atoms with E-state index >= 15 is 0 Å². The number of allylic oxidation sites excluding steroid dienone is 2. The number of aromatic hydroxyl groups is 1.